The van der Waals surface area contributed by atoms with Crippen molar-refractivity contribution >= 4 is 27.1 Å². The summed E-state index contributed by atoms with van der Waals surface area (Å²) < 4.78 is 4.99. The molecule has 0 fully saturated rings. The first-order chi connectivity index (χ1) is 5.66. The van der Waals surface area contributed by atoms with Crippen LogP contribution in [0.3, 0.4) is 0 Å². The van der Waals surface area contributed by atoms with Gasteiger partial charge in [-0.25, -0.2) is 0 Å². The van der Waals surface area contributed by atoms with Crippen LogP contribution in [0.1, 0.15) is 0 Å². The highest BCUT2D eigenvalue weighted by Gasteiger charge is 2.15. The molecule has 5 heteroatoms. The molecule has 1 atom stereocenters. The van der Waals surface area contributed by atoms with Crippen molar-refractivity contribution in [3.8, 4) is 5.75 Å². The summed E-state index contributed by atoms with van der Waals surface area (Å²) in [5, 5.41) is 18.5. The van der Waals surface area contributed by atoms with Crippen LogP contribution in [-0.4, -0.2) is 24.3 Å². The van der Waals surface area contributed by atoms with Gasteiger partial charge in [-0.2, -0.15) is 0 Å². The van der Waals surface area contributed by atoms with Gasteiger partial charge in [0.05, 0.1) is 7.11 Å². The molecule has 64 valence electrons. The molecule has 0 amide bonds. The van der Waals surface area contributed by atoms with Crippen LogP contribution in [0.25, 0.3) is 0 Å². The van der Waals surface area contributed by atoms with Crippen LogP contribution in [0.15, 0.2) is 18.2 Å². The normalized spacial score (nSPS) is 9.67. The molecule has 0 aliphatic rings. The predicted molar refractivity (Wildman–Crippen MR) is 52.2 cm³/mol. The van der Waals surface area contributed by atoms with Crippen molar-refractivity contribution < 1.29 is 14.8 Å². The summed E-state index contributed by atoms with van der Waals surface area (Å²) in [5.41, 5.74) is 0.444. The minimum absolute atomic E-state index is 0.444. The van der Waals surface area contributed by atoms with E-state index in [0.717, 1.165) is 0 Å². The van der Waals surface area contributed by atoms with Crippen LogP contribution in [0, 0.1) is 0 Å². The first kappa shape index (κ1) is 9.52. The fourth-order valence-corrected chi connectivity index (χ4v) is 1.42. The predicted octanol–water partition coefficient (Wildman–Crippen LogP) is -1.12. The van der Waals surface area contributed by atoms with E-state index in [4.69, 9.17) is 14.8 Å². The minimum Gasteiger partial charge on any atom is -0.496 e. The molecule has 0 bridgehead atoms. The lowest BCUT2D eigenvalue weighted by atomic mass is 9.80. The molecular formula is C7H10BO3P. The Hall–Kier alpha value is -0.565. The molecule has 1 unspecified atom stereocenters. The molecule has 0 saturated carbocycles. The van der Waals surface area contributed by atoms with Gasteiger partial charge in [-0.15, -0.1) is 9.24 Å². The zero-order valence-corrected chi connectivity index (χ0v) is 7.84. The number of benzene rings is 1. The van der Waals surface area contributed by atoms with E-state index in [1.54, 1.807) is 18.2 Å². The van der Waals surface area contributed by atoms with Gasteiger partial charge >= 0.3 is 7.12 Å². The van der Waals surface area contributed by atoms with Crippen molar-refractivity contribution in [3.63, 3.8) is 0 Å². The fourth-order valence-electron chi connectivity index (χ4n) is 0.964. The third kappa shape index (κ3) is 1.78. The highest BCUT2D eigenvalue weighted by molar-refractivity contribution is 7.29. The van der Waals surface area contributed by atoms with Crippen LogP contribution in [0.4, 0.5) is 0 Å². The smallest absolute Gasteiger partial charge is 0.489 e. The Morgan fingerprint density at radius 3 is 2.58 bits per heavy atom. The van der Waals surface area contributed by atoms with Crippen LogP contribution < -0.4 is 15.5 Å². The van der Waals surface area contributed by atoms with Crippen molar-refractivity contribution in [2.45, 2.75) is 0 Å². The SMILES string of the molecule is COc1cccc(B(O)O)c1P. The van der Waals surface area contributed by atoms with E-state index in [0.29, 0.717) is 16.5 Å². The van der Waals surface area contributed by atoms with Crippen molar-refractivity contribution in [2.24, 2.45) is 0 Å². The summed E-state index contributed by atoms with van der Waals surface area (Å²) in [4.78, 5) is 0. The van der Waals surface area contributed by atoms with Gasteiger partial charge < -0.3 is 14.8 Å². The summed E-state index contributed by atoms with van der Waals surface area (Å²) in [6.07, 6.45) is 0. The third-order valence-electron chi connectivity index (χ3n) is 1.60. The summed E-state index contributed by atoms with van der Waals surface area (Å²) in [6, 6.07) is 5.10. The van der Waals surface area contributed by atoms with Crippen molar-refractivity contribution in [2.75, 3.05) is 7.11 Å². The largest absolute Gasteiger partial charge is 0.496 e. The molecule has 1 rings (SSSR count). The van der Waals surface area contributed by atoms with E-state index in [1.165, 1.54) is 7.11 Å². The van der Waals surface area contributed by atoms with Gasteiger partial charge in [0.2, 0.25) is 0 Å². The van der Waals surface area contributed by atoms with Crippen LogP contribution in [-0.2, 0) is 0 Å². The molecule has 3 nitrogen and oxygen atoms in total. The second-order valence-corrected chi connectivity index (χ2v) is 2.91. The Morgan fingerprint density at radius 1 is 1.42 bits per heavy atom. The average molecular weight is 184 g/mol. The number of hydrogen-bond donors (Lipinski definition) is 2. The van der Waals surface area contributed by atoms with Crippen molar-refractivity contribution in [1.29, 1.82) is 0 Å². The molecule has 0 aromatic heterocycles. The van der Waals surface area contributed by atoms with Gasteiger partial charge in [0.1, 0.15) is 5.75 Å². The Kier molecular flexibility index (Phi) is 3.09. The maximum atomic E-state index is 8.91. The zero-order valence-electron chi connectivity index (χ0n) is 6.69. The summed E-state index contributed by atoms with van der Waals surface area (Å²) in [7, 11) is 2.50. The maximum absolute atomic E-state index is 8.91. The molecule has 0 aliphatic heterocycles. The maximum Gasteiger partial charge on any atom is 0.489 e. The van der Waals surface area contributed by atoms with Crippen molar-refractivity contribution in [1.82, 2.24) is 0 Å². The molecule has 0 heterocycles. The second-order valence-electron chi connectivity index (χ2n) is 2.34. The van der Waals surface area contributed by atoms with Crippen LogP contribution in [0.2, 0.25) is 0 Å². The topological polar surface area (TPSA) is 49.7 Å². The monoisotopic (exact) mass is 184 g/mol. The van der Waals surface area contributed by atoms with E-state index in [2.05, 4.69) is 9.24 Å². The average Bonchev–Trinajstić information content (AvgIpc) is 2.04. The van der Waals surface area contributed by atoms with Gasteiger partial charge in [-0.05, 0) is 11.5 Å². The molecule has 0 saturated heterocycles. The molecular weight excluding hydrogens is 174 g/mol. The van der Waals surface area contributed by atoms with Gasteiger partial charge in [-0.3, -0.25) is 0 Å². The minimum atomic E-state index is -1.45. The molecule has 0 aliphatic carbocycles. The molecule has 2 N–H and O–H groups in total. The summed E-state index contributed by atoms with van der Waals surface area (Å²) in [6.45, 7) is 0. The molecule has 1 aromatic rings. The van der Waals surface area contributed by atoms with E-state index in [1.807, 2.05) is 0 Å². The lowest BCUT2D eigenvalue weighted by Crippen LogP contribution is -2.38. The highest BCUT2D eigenvalue weighted by Crippen LogP contribution is 2.07. The van der Waals surface area contributed by atoms with Gasteiger partial charge in [0.15, 0.2) is 0 Å². The third-order valence-corrected chi connectivity index (χ3v) is 2.22. The Bertz CT molecular complexity index is 277. The first-order valence-corrected chi connectivity index (χ1v) is 4.03. The van der Waals surface area contributed by atoms with E-state index in [-0.39, 0.29) is 0 Å². The molecule has 0 radical (unpaired) electrons. The van der Waals surface area contributed by atoms with Crippen LogP contribution >= 0.6 is 9.24 Å². The van der Waals surface area contributed by atoms with E-state index in [9.17, 15) is 0 Å². The fraction of sp³-hybridized carbons (Fsp3) is 0.143. The number of methoxy groups -OCH3 is 1. The Morgan fingerprint density at radius 2 is 2.08 bits per heavy atom. The van der Waals surface area contributed by atoms with Crippen LogP contribution in [0.5, 0.6) is 5.75 Å². The zero-order chi connectivity index (χ0) is 9.14. The highest BCUT2D eigenvalue weighted by atomic mass is 31.0. The van der Waals surface area contributed by atoms with E-state index < -0.39 is 7.12 Å². The van der Waals surface area contributed by atoms with Crippen molar-refractivity contribution in [3.05, 3.63) is 18.2 Å². The summed E-state index contributed by atoms with van der Waals surface area (Å²) >= 11 is 0. The van der Waals surface area contributed by atoms with Gasteiger partial charge in [-0.1, -0.05) is 12.1 Å². The Labute approximate surface area is 73.7 Å². The molecule has 12 heavy (non-hydrogen) atoms. The molecule has 0 spiro atoms. The number of hydrogen-bond acceptors (Lipinski definition) is 3. The molecule has 1 aromatic carbocycles. The lowest BCUT2D eigenvalue weighted by Gasteiger charge is -2.08. The first-order valence-electron chi connectivity index (χ1n) is 3.45. The van der Waals surface area contributed by atoms with E-state index >= 15 is 0 Å². The lowest BCUT2D eigenvalue weighted by molar-refractivity contribution is 0.415. The number of rotatable bonds is 2. The summed E-state index contributed by atoms with van der Waals surface area (Å²) in [5.74, 6) is 0.630. The Balaban J connectivity index is 3.14. The second kappa shape index (κ2) is 3.90. The number of ether oxygens (including phenoxy) is 1. The standard InChI is InChI=1S/C7H10BO3P/c1-11-6-4-2-3-5(7(6)12)8(9)10/h2-4,9-10H,12H2,1H3. The van der Waals surface area contributed by atoms with Gasteiger partial charge in [0, 0.05) is 5.30 Å². The van der Waals surface area contributed by atoms with Gasteiger partial charge in [0.25, 0.3) is 0 Å². The quantitative estimate of drug-likeness (QED) is 0.451.